The number of likely N-dealkylation sites (N-methyl/N-ethyl adjacent to an activating group) is 1. The second kappa shape index (κ2) is 6.54. The minimum absolute atomic E-state index is 0.0500. The molecule has 0 aliphatic carbocycles. The van der Waals surface area contributed by atoms with Gasteiger partial charge < -0.3 is 14.9 Å². The molecule has 1 aliphatic heterocycles. The average Bonchev–Trinajstić information content (AvgIpc) is 2.79. The minimum Gasteiger partial charge on any atom is -0.387 e. The first kappa shape index (κ1) is 15.9. The summed E-state index contributed by atoms with van der Waals surface area (Å²) in [6.45, 7) is 1.56. The van der Waals surface area contributed by atoms with Crippen LogP contribution in [0, 0.1) is 5.82 Å². The van der Waals surface area contributed by atoms with Crippen molar-refractivity contribution in [3.63, 3.8) is 0 Å². The van der Waals surface area contributed by atoms with E-state index < -0.39 is 5.60 Å². The Labute approximate surface area is 125 Å². The van der Waals surface area contributed by atoms with Crippen LogP contribution in [0.1, 0.15) is 18.4 Å². The highest BCUT2D eigenvalue weighted by Crippen LogP contribution is 2.22. The Balaban J connectivity index is 1.83. The molecule has 0 aromatic heterocycles. The molecule has 2 rings (SSSR count). The number of likely N-dealkylation sites (tertiary alicyclic amines) is 1. The van der Waals surface area contributed by atoms with Gasteiger partial charge in [0.25, 0.3) is 0 Å². The maximum absolute atomic E-state index is 12.8. The van der Waals surface area contributed by atoms with Crippen molar-refractivity contribution in [1.29, 1.82) is 0 Å². The van der Waals surface area contributed by atoms with E-state index in [-0.39, 0.29) is 11.7 Å². The van der Waals surface area contributed by atoms with Crippen molar-refractivity contribution in [2.45, 2.75) is 24.9 Å². The van der Waals surface area contributed by atoms with Crippen molar-refractivity contribution in [2.24, 2.45) is 0 Å². The number of carbonyl (C=O) groups excluding carboxylic acids is 1. The molecule has 1 saturated heterocycles. The summed E-state index contributed by atoms with van der Waals surface area (Å²) in [4.78, 5) is 15.9. The normalized spacial score (nSPS) is 22.0. The van der Waals surface area contributed by atoms with Gasteiger partial charge in [0.2, 0.25) is 5.91 Å². The standard InChI is InChI=1S/C16H23FN2O2/c1-18(2)11-16(21)9-10-19(12-16)15(20)8-5-13-3-6-14(17)7-4-13/h3-4,6-7,21H,5,8-12H2,1-2H3. The van der Waals surface area contributed by atoms with Gasteiger partial charge in [-0.25, -0.2) is 4.39 Å². The van der Waals surface area contributed by atoms with Crippen molar-refractivity contribution >= 4 is 5.91 Å². The molecule has 0 spiro atoms. The van der Waals surface area contributed by atoms with Gasteiger partial charge in [-0.3, -0.25) is 4.79 Å². The van der Waals surface area contributed by atoms with E-state index in [1.807, 2.05) is 19.0 Å². The van der Waals surface area contributed by atoms with Crippen LogP contribution >= 0.6 is 0 Å². The first-order valence-corrected chi connectivity index (χ1v) is 7.27. The SMILES string of the molecule is CN(C)CC1(O)CCN(C(=O)CCc2ccc(F)cc2)C1. The highest BCUT2D eigenvalue weighted by Gasteiger charge is 2.38. The van der Waals surface area contributed by atoms with Crippen LogP contribution in [0.5, 0.6) is 0 Å². The number of rotatable bonds is 5. The van der Waals surface area contributed by atoms with Gasteiger partial charge in [0.05, 0.1) is 12.1 Å². The third-order valence-corrected chi connectivity index (χ3v) is 3.84. The quantitative estimate of drug-likeness (QED) is 0.890. The number of carbonyl (C=O) groups is 1. The van der Waals surface area contributed by atoms with Gasteiger partial charge >= 0.3 is 0 Å². The molecule has 116 valence electrons. The van der Waals surface area contributed by atoms with Gasteiger partial charge in [-0.15, -0.1) is 0 Å². The molecule has 0 bridgehead atoms. The number of nitrogens with zero attached hydrogens (tertiary/aromatic N) is 2. The van der Waals surface area contributed by atoms with Crippen LogP contribution in [0.15, 0.2) is 24.3 Å². The molecule has 0 saturated carbocycles. The molecule has 1 aliphatic rings. The Bertz CT molecular complexity index is 490. The van der Waals surface area contributed by atoms with E-state index >= 15 is 0 Å². The molecule has 21 heavy (non-hydrogen) atoms. The third kappa shape index (κ3) is 4.51. The predicted octanol–water partition coefficient (Wildman–Crippen LogP) is 1.28. The molecule has 1 unspecified atom stereocenters. The lowest BCUT2D eigenvalue weighted by Crippen LogP contribution is -2.43. The number of aliphatic hydroxyl groups is 1. The lowest BCUT2D eigenvalue weighted by molar-refractivity contribution is -0.131. The summed E-state index contributed by atoms with van der Waals surface area (Å²) in [5, 5.41) is 10.4. The largest absolute Gasteiger partial charge is 0.387 e. The van der Waals surface area contributed by atoms with Crippen LogP contribution in [-0.2, 0) is 11.2 Å². The van der Waals surface area contributed by atoms with Gasteiger partial charge in [-0.05, 0) is 44.6 Å². The topological polar surface area (TPSA) is 43.8 Å². The summed E-state index contributed by atoms with van der Waals surface area (Å²) in [7, 11) is 3.83. The molecule has 1 atom stereocenters. The summed E-state index contributed by atoms with van der Waals surface area (Å²) in [5.41, 5.74) is 0.155. The van der Waals surface area contributed by atoms with Crippen LogP contribution in [0.4, 0.5) is 4.39 Å². The Kier molecular flexibility index (Phi) is 4.96. The minimum atomic E-state index is -0.797. The maximum Gasteiger partial charge on any atom is 0.223 e. The number of aryl methyl sites for hydroxylation is 1. The molecule has 4 nitrogen and oxygen atoms in total. The van der Waals surface area contributed by atoms with Gasteiger partial charge in [0, 0.05) is 19.5 Å². The number of hydrogen-bond donors (Lipinski definition) is 1. The molecule has 1 aromatic carbocycles. The Morgan fingerprint density at radius 2 is 2.05 bits per heavy atom. The van der Waals surface area contributed by atoms with Gasteiger partial charge in [0.15, 0.2) is 0 Å². The fraction of sp³-hybridized carbons (Fsp3) is 0.562. The summed E-state index contributed by atoms with van der Waals surface area (Å²) < 4.78 is 12.8. The molecule has 1 heterocycles. The summed E-state index contributed by atoms with van der Waals surface area (Å²) >= 11 is 0. The lowest BCUT2D eigenvalue weighted by atomic mass is 10.0. The molecule has 1 amide bonds. The zero-order valence-corrected chi connectivity index (χ0v) is 12.7. The lowest BCUT2D eigenvalue weighted by Gasteiger charge is -2.26. The fourth-order valence-corrected chi connectivity index (χ4v) is 2.85. The highest BCUT2D eigenvalue weighted by atomic mass is 19.1. The van der Waals surface area contributed by atoms with Gasteiger partial charge in [-0.1, -0.05) is 12.1 Å². The maximum atomic E-state index is 12.8. The average molecular weight is 294 g/mol. The number of amides is 1. The van der Waals surface area contributed by atoms with Crippen molar-refractivity contribution in [2.75, 3.05) is 33.7 Å². The Morgan fingerprint density at radius 3 is 2.67 bits per heavy atom. The van der Waals surface area contributed by atoms with Crippen molar-refractivity contribution in [1.82, 2.24) is 9.80 Å². The molecule has 0 radical (unpaired) electrons. The molecule has 1 fully saturated rings. The number of halogens is 1. The van der Waals surface area contributed by atoms with E-state index in [0.717, 1.165) is 5.56 Å². The highest BCUT2D eigenvalue weighted by molar-refractivity contribution is 5.77. The smallest absolute Gasteiger partial charge is 0.223 e. The van der Waals surface area contributed by atoms with E-state index in [2.05, 4.69) is 0 Å². The van der Waals surface area contributed by atoms with Crippen molar-refractivity contribution in [3.05, 3.63) is 35.6 Å². The third-order valence-electron chi connectivity index (χ3n) is 3.84. The van der Waals surface area contributed by atoms with Gasteiger partial charge in [0.1, 0.15) is 5.82 Å². The number of hydrogen-bond acceptors (Lipinski definition) is 3. The van der Waals surface area contributed by atoms with Crippen LogP contribution in [0.2, 0.25) is 0 Å². The van der Waals surface area contributed by atoms with Crippen LogP contribution in [0.25, 0.3) is 0 Å². The second-order valence-corrected chi connectivity index (χ2v) is 6.15. The monoisotopic (exact) mass is 294 g/mol. The molecule has 1 aromatic rings. The molecular weight excluding hydrogens is 271 g/mol. The Hall–Kier alpha value is -1.46. The molecule has 1 N–H and O–H groups in total. The molecule has 5 heteroatoms. The zero-order valence-electron chi connectivity index (χ0n) is 12.7. The first-order valence-electron chi connectivity index (χ1n) is 7.27. The van der Waals surface area contributed by atoms with Gasteiger partial charge in [-0.2, -0.15) is 0 Å². The summed E-state index contributed by atoms with van der Waals surface area (Å²) in [6, 6.07) is 6.22. The number of β-amino-alcohol motifs (C(OH)–C–C–N with tert-alkyl or cyclic N) is 1. The fourth-order valence-electron chi connectivity index (χ4n) is 2.85. The zero-order chi connectivity index (χ0) is 15.5. The van der Waals surface area contributed by atoms with E-state index in [1.165, 1.54) is 12.1 Å². The van der Waals surface area contributed by atoms with Crippen LogP contribution in [-0.4, -0.2) is 60.1 Å². The number of benzene rings is 1. The van der Waals surface area contributed by atoms with Crippen LogP contribution in [0.3, 0.4) is 0 Å². The van der Waals surface area contributed by atoms with Crippen LogP contribution < -0.4 is 0 Å². The first-order chi connectivity index (χ1) is 9.88. The van der Waals surface area contributed by atoms with E-state index in [1.54, 1.807) is 17.0 Å². The molecular formula is C16H23FN2O2. The van der Waals surface area contributed by atoms with E-state index in [9.17, 15) is 14.3 Å². The van der Waals surface area contributed by atoms with E-state index in [0.29, 0.717) is 38.9 Å². The Morgan fingerprint density at radius 1 is 1.38 bits per heavy atom. The second-order valence-electron chi connectivity index (χ2n) is 6.15. The summed E-state index contributed by atoms with van der Waals surface area (Å²) in [5.74, 6) is -0.215. The van der Waals surface area contributed by atoms with Crippen molar-refractivity contribution < 1.29 is 14.3 Å². The summed E-state index contributed by atoms with van der Waals surface area (Å²) in [6.07, 6.45) is 1.61. The van der Waals surface area contributed by atoms with E-state index in [4.69, 9.17) is 0 Å². The predicted molar refractivity (Wildman–Crippen MR) is 79.4 cm³/mol. The van der Waals surface area contributed by atoms with Crippen molar-refractivity contribution in [3.8, 4) is 0 Å².